The number of hydrogen-bond acceptors (Lipinski definition) is 0. The number of allylic oxidation sites excluding steroid dienone is 6. The first-order valence-electron chi connectivity index (χ1n) is 3.46. The summed E-state index contributed by atoms with van der Waals surface area (Å²) in [5.74, 6) is 0. The van der Waals surface area contributed by atoms with E-state index in [1.54, 1.807) is 6.08 Å². The lowest BCUT2D eigenvalue weighted by Gasteiger charge is -2.00. The highest BCUT2D eigenvalue weighted by Crippen LogP contribution is 2.16. The highest BCUT2D eigenvalue weighted by Gasteiger charge is 1.93. The summed E-state index contributed by atoms with van der Waals surface area (Å²) in [7, 11) is 0. The molecule has 58 valence electrons. The fraction of sp³-hybridized carbons (Fsp3) is 0.100. The van der Waals surface area contributed by atoms with Gasteiger partial charge in [-0.15, -0.1) is 0 Å². The lowest BCUT2D eigenvalue weighted by Crippen LogP contribution is -1.84. The van der Waals surface area contributed by atoms with Crippen molar-refractivity contribution in [2.45, 2.75) is 6.92 Å². The lowest BCUT2D eigenvalue weighted by molar-refractivity contribution is 1.54. The Morgan fingerprint density at radius 3 is 3.00 bits per heavy atom. The summed E-state index contributed by atoms with van der Waals surface area (Å²) >= 11 is 0.208. The highest BCUT2D eigenvalue weighted by molar-refractivity contribution is 14.2. The Morgan fingerprint density at radius 1 is 1.55 bits per heavy atom. The molecule has 0 aromatic heterocycles. The summed E-state index contributed by atoms with van der Waals surface area (Å²) < 4.78 is 4.61. The van der Waals surface area contributed by atoms with Gasteiger partial charge in [0.1, 0.15) is 0 Å². The fourth-order valence-corrected chi connectivity index (χ4v) is 2.49. The van der Waals surface area contributed by atoms with Gasteiger partial charge in [-0.3, -0.25) is 0 Å². The number of hydrogen-bond donors (Lipinski definition) is 0. The molecule has 1 heteroatoms. The van der Waals surface area contributed by atoms with Crippen molar-refractivity contribution in [3.05, 3.63) is 46.1 Å². The molecular weight excluding hydrogens is 247 g/mol. The van der Waals surface area contributed by atoms with Gasteiger partial charge in [0.2, 0.25) is 0 Å². The lowest BCUT2D eigenvalue weighted by atomic mass is 10.1. The van der Waals surface area contributed by atoms with Gasteiger partial charge in [0.25, 0.3) is 0 Å². The van der Waals surface area contributed by atoms with Gasteiger partial charge in [-0.1, -0.05) is 45.5 Å². The van der Waals surface area contributed by atoms with Crippen LogP contribution in [0.1, 0.15) is 6.92 Å². The standard InChI is InChI=1S/C10H11I/c1-3-4-5-10-6-7-11-8-9(10)2/h3-8H,1H2,2H3/b5-4-. The van der Waals surface area contributed by atoms with Crippen LogP contribution in [0.4, 0.5) is 0 Å². The summed E-state index contributed by atoms with van der Waals surface area (Å²) in [6, 6.07) is 0. The maximum Gasteiger partial charge on any atom is -0.0219 e. The summed E-state index contributed by atoms with van der Waals surface area (Å²) in [5, 5.41) is 0. The molecule has 0 atom stereocenters. The molecule has 0 nitrogen and oxygen atoms in total. The smallest absolute Gasteiger partial charge is 0.0219 e. The van der Waals surface area contributed by atoms with Crippen molar-refractivity contribution < 1.29 is 0 Å². The molecule has 0 fully saturated rings. The first-order valence-corrected chi connectivity index (χ1v) is 5.95. The Balaban J connectivity index is 2.86. The SMILES string of the molecule is C=C/C=C\C1=C(C)C=IC=C1. The maximum atomic E-state index is 3.63. The van der Waals surface area contributed by atoms with Crippen molar-refractivity contribution in [3.63, 3.8) is 0 Å². The van der Waals surface area contributed by atoms with Crippen LogP contribution in [0.3, 0.4) is 0 Å². The zero-order chi connectivity index (χ0) is 8.10. The second kappa shape index (κ2) is 4.44. The summed E-state index contributed by atoms with van der Waals surface area (Å²) in [6.45, 7) is 5.79. The van der Waals surface area contributed by atoms with E-state index < -0.39 is 0 Å². The molecule has 0 spiro atoms. The van der Waals surface area contributed by atoms with E-state index in [1.807, 2.05) is 6.08 Å². The molecule has 0 saturated heterocycles. The molecular formula is C10H11I. The Morgan fingerprint density at radius 2 is 2.36 bits per heavy atom. The van der Waals surface area contributed by atoms with Crippen LogP contribution in [-0.2, 0) is 0 Å². The van der Waals surface area contributed by atoms with Gasteiger partial charge in [-0.25, -0.2) is 0 Å². The molecule has 0 N–H and O–H groups in total. The molecule has 1 heterocycles. The third-order valence-corrected chi connectivity index (χ3v) is 3.48. The zero-order valence-electron chi connectivity index (χ0n) is 6.55. The van der Waals surface area contributed by atoms with E-state index in [2.05, 4.69) is 33.7 Å². The Labute approximate surface area is 77.8 Å². The first-order chi connectivity index (χ1) is 5.34. The van der Waals surface area contributed by atoms with E-state index in [1.165, 1.54) is 11.1 Å². The zero-order valence-corrected chi connectivity index (χ0v) is 8.71. The van der Waals surface area contributed by atoms with Crippen molar-refractivity contribution >= 4 is 24.7 Å². The van der Waals surface area contributed by atoms with Crippen LogP contribution in [-0.4, -0.2) is 4.01 Å². The van der Waals surface area contributed by atoms with E-state index in [-0.39, 0.29) is 20.7 Å². The highest BCUT2D eigenvalue weighted by atomic mass is 127. The monoisotopic (exact) mass is 258 g/mol. The molecule has 0 aromatic carbocycles. The van der Waals surface area contributed by atoms with Crippen LogP contribution in [0.5, 0.6) is 0 Å². The second-order valence-corrected chi connectivity index (χ2v) is 4.32. The number of halogens is 1. The Bertz CT molecular complexity index is 265. The van der Waals surface area contributed by atoms with Crippen molar-refractivity contribution in [2.75, 3.05) is 0 Å². The molecule has 0 radical (unpaired) electrons. The van der Waals surface area contributed by atoms with E-state index in [9.17, 15) is 0 Å². The van der Waals surface area contributed by atoms with E-state index in [0.29, 0.717) is 0 Å². The van der Waals surface area contributed by atoms with Crippen molar-refractivity contribution in [3.8, 4) is 0 Å². The molecule has 1 rings (SSSR count). The second-order valence-electron chi connectivity index (χ2n) is 2.26. The van der Waals surface area contributed by atoms with E-state index in [0.717, 1.165) is 0 Å². The summed E-state index contributed by atoms with van der Waals surface area (Å²) in [5.41, 5.74) is 2.72. The molecule has 0 saturated carbocycles. The molecule has 1 aliphatic heterocycles. The molecule has 0 unspecified atom stereocenters. The minimum absolute atomic E-state index is 0.208. The van der Waals surface area contributed by atoms with Crippen molar-refractivity contribution in [2.24, 2.45) is 0 Å². The third kappa shape index (κ3) is 2.58. The molecule has 11 heavy (non-hydrogen) atoms. The van der Waals surface area contributed by atoms with Gasteiger partial charge in [-0.05, 0) is 32.2 Å². The maximum absolute atomic E-state index is 3.63. The molecule has 0 amide bonds. The fourth-order valence-electron chi connectivity index (χ4n) is 0.788. The number of rotatable bonds is 2. The van der Waals surface area contributed by atoms with Crippen LogP contribution in [0.25, 0.3) is 0 Å². The molecule has 1 aliphatic rings. The van der Waals surface area contributed by atoms with Gasteiger partial charge >= 0.3 is 0 Å². The van der Waals surface area contributed by atoms with Gasteiger partial charge in [0, 0.05) is 0 Å². The van der Waals surface area contributed by atoms with Crippen molar-refractivity contribution in [1.29, 1.82) is 0 Å². The summed E-state index contributed by atoms with van der Waals surface area (Å²) in [4.78, 5) is 0. The minimum Gasteiger partial charge on any atom is -0.0991 e. The van der Waals surface area contributed by atoms with Crippen LogP contribution in [0.15, 0.2) is 46.1 Å². The topological polar surface area (TPSA) is 0 Å². The van der Waals surface area contributed by atoms with E-state index >= 15 is 0 Å². The largest absolute Gasteiger partial charge is 0.0991 e. The molecule has 0 aliphatic carbocycles. The van der Waals surface area contributed by atoms with E-state index in [4.69, 9.17) is 0 Å². The van der Waals surface area contributed by atoms with Gasteiger partial charge in [0.15, 0.2) is 0 Å². The quantitative estimate of drug-likeness (QED) is 0.526. The predicted octanol–water partition coefficient (Wildman–Crippen LogP) is 3.35. The van der Waals surface area contributed by atoms with Gasteiger partial charge in [0.05, 0.1) is 0 Å². The van der Waals surface area contributed by atoms with Crippen molar-refractivity contribution in [1.82, 2.24) is 0 Å². The average Bonchev–Trinajstić information content (AvgIpc) is 2.03. The van der Waals surface area contributed by atoms with Gasteiger partial charge in [-0.2, -0.15) is 0 Å². The van der Waals surface area contributed by atoms with Crippen LogP contribution >= 0.6 is 20.7 Å². The normalized spacial score (nSPS) is 17.2. The van der Waals surface area contributed by atoms with Crippen LogP contribution in [0.2, 0.25) is 0 Å². The molecule has 0 bridgehead atoms. The Kier molecular flexibility index (Phi) is 3.49. The molecule has 0 aromatic rings. The third-order valence-electron chi connectivity index (χ3n) is 1.41. The average molecular weight is 258 g/mol. The Hall–Kier alpha value is -0.440. The first kappa shape index (κ1) is 8.65. The van der Waals surface area contributed by atoms with Gasteiger partial charge < -0.3 is 0 Å². The predicted molar refractivity (Wildman–Crippen MR) is 61.3 cm³/mol. The van der Waals surface area contributed by atoms with Crippen LogP contribution < -0.4 is 0 Å². The van der Waals surface area contributed by atoms with Crippen LogP contribution in [0, 0.1) is 0 Å². The minimum atomic E-state index is 0.208. The summed E-state index contributed by atoms with van der Waals surface area (Å²) in [6.07, 6.45) is 8.07.